The van der Waals surface area contributed by atoms with Gasteiger partial charge in [0, 0.05) is 28.7 Å². The molecular weight excluding hydrogens is 378 g/mol. The molecule has 1 fully saturated rings. The molecule has 4 rings (SSSR count). The Balaban J connectivity index is 1.85. The summed E-state index contributed by atoms with van der Waals surface area (Å²) in [4.78, 5) is 39.1. The zero-order valence-electron chi connectivity index (χ0n) is 16.8. The van der Waals surface area contributed by atoms with Crippen LogP contribution in [-0.2, 0) is 16.1 Å². The van der Waals surface area contributed by atoms with Gasteiger partial charge >= 0.3 is 6.03 Å². The van der Waals surface area contributed by atoms with E-state index in [-0.39, 0.29) is 5.57 Å². The summed E-state index contributed by atoms with van der Waals surface area (Å²) in [5, 5.41) is 3.20. The lowest BCUT2D eigenvalue weighted by Crippen LogP contribution is -2.54. The molecule has 30 heavy (non-hydrogen) atoms. The second kappa shape index (κ2) is 7.48. The lowest BCUT2D eigenvalue weighted by atomic mass is 10.0. The number of benzene rings is 2. The van der Waals surface area contributed by atoms with Crippen LogP contribution in [0.15, 0.2) is 66.8 Å². The highest BCUT2D eigenvalue weighted by molar-refractivity contribution is 6.39. The molecule has 4 amide bonds. The van der Waals surface area contributed by atoms with Crippen molar-refractivity contribution in [1.29, 1.82) is 0 Å². The largest absolute Gasteiger partial charge is 0.340 e. The van der Waals surface area contributed by atoms with Crippen LogP contribution in [0.1, 0.15) is 16.8 Å². The van der Waals surface area contributed by atoms with Crippen LogP contribution in [0.5, 0.6) is 0 Å². The van der Waals surface area contributed by atoms with Gasteiger partial charge in [0.2, 0.25) is 0 Å². The quantitative estimate of drug-likeness (QED) is 0.408. The number of urea groups is 1. The van der Waals surface area contributed by atoms with Crippen LogP contribution in [-0.4, -0.2) is 22.4 Å². The van der Waals surface area contributed by atoms with Crippen molar-refractivity contribution in [3.63, 3.8) is 0 Å². The molecule has 0 spiro atoms. The van der Waals surface area contributed by atoms with E-state index < -0.39 is 17.8 Å². The van der Waals surface area contributed by atoms with Crippen molar-refractivity contribution in [3.8, 4) is 0 Å². The molecule has 1 N–H and O–H groups in total. The lowest BCUT2D eigenvalue weighted by Gasteiger charge is -2.26. The van der Waals surface area contributed by atoms with Crippen molar-refractivity contribution in [2.45, 2.75) is 20.4 Å². The number of nitrogens with zero attached hydrogens (tertiary/aromatic N) is 2. The Labute approximate surface area is 174 Å². The number of nitrogens with one attached hydrogen (secondary N) is 1. The third kappa shape index (κ3) is 3.12. The predicted molar refractivity (Wildman–Crippen MR) is 117 cm³/mol. The van der Waals surface area contributed by atoms with E-state index in [1.165, 1.54) is 0 Å². The van der Waals surface area contributed by atoms with E-state index in [1.807, 2.05) is 50.2 Å². The number of hydrogen-bond acceptors (Lipinski definition) is 3. The van der Waals surface area contributed by atoms with Gasteiger partial charge in [0.15, 0.2) is 0 Å². The number of para-hydroxylation sites is 1. The molecule has 1 aliphatic heterocycles. The highest BCUT2D eigenvalue weighted by Crippen LogP contribution is 2.29. The Morgan fingerprint density at radius 1 is 1.00 bits per heavy atom. The number of anilines is 1. The van der Waals surface area contributed by atoms with Crippen LogP contribution in [0, 0.1) is 13.8 Å². The van der Waals surface area contributed by atoms with Crippen LogP contribution in [0.3, 0.4) is 0 Å². The second-order valence-electron chi connectivity index (χ2n) is 7.21. The molecule has 0 radical (unpaired) electrons. The van der Waals surface area contributed by atoms with E-state index in [0.717, 1.165) is 32.6 Å². The summed E-state index contributed by atoms with van der Waals surface area (Å²) in [5.41, 5.74) is 3.98. The van der Waals surface area contributed by atoms with Crippen LogP contribution in [0.25, 0.3) is 17.0 Å². The molecular formula is C24H21N3O3. The van der Waals surface area contributed by atoms with Gasteiger partial charge in [-0.05, 0) is 38.1 Å². The standard InChI is InChI=1S/C24H21N3O3/c1-4-13-26-16(3)19(18-7-5-6-8-21(18)26)14-20-22(28)25-24(30)27(23(20)29)17-11-9-15(2)10-12-17/h4-12,14H,1,13H2,2-3H3,(H,25,28,30). The lowest BCUT2D eigenvalue weighted by molar-refractivity contribution is -0.122. The maximum atomic E-state index is 13.2. The van der Waals surface area contributed by atoms with Gasteiger partial charge in [0.05, 0.1) is 5.69 Å². The molecule has 2 aromatic carbocycles. The molecule has 6 nitrogen and oxygen atoms in total. The molecule has 6 heteroatoms. The summed E-state index contributed by atoms with van der Waals surface area (Å²) in [6.45, 7) is 8.26. The number of allylic oxidation sites excluding steroid dienone is 1. The van der Waals surface area contributed by atoms with Crippen molar-refractivity contribution >= 4 is 40.5 Å². The fourth-order valence-corrected chi connectivity index (χ4v) is 3.73. The van der Waals surface area contributed by atoms with Gasteiger partial charge < -0.3 is 4.57 Å². The molecule has 0 aliphatic carbocycles. The van der Waals surface area contributed by atoms with Crippen molar-refractivity contribution < 1.29 is 14.4 Å². The zero-order chi connectivity index (χ0) is 21.4. The molecule has 1 saturated heterocycles. The Kier molecular flexibility index (Phi) is 4.83. The van der Waals surface area contributed by atoms with Crippen molar-refractivity contribution in [2.24, 2.45) is 0 Å². The number of imide groups is 2. The van der Waals surface area contributed by atoms with E-state index in [0.29, 0.717) is 12.2 Å². The fraction of sp³-hybridized carbons (Fsp3) is 0.125. The third-order valence-corrected chi connectivity index (χ3v) is 5.27. The molecule has 0 atom stereocenters. The van der Waals surface area contributed by atoms with Crippen LogP contribution < -0.4 is 10.2 Å². The van der Waals surface area contributed by atoms with Gasteiger partial charge in [-0.1, -0.05) is 42.0 Å². The Hall–Kier alpha value is -3.93. The molecule has 150 valence electrons. The van der Waals surface area contributed by atoms with Crippen molar-refractivity contribution in [3.05, 3.63) is 83.6 Å². The SMILES string of the molecule is C=CCn1c(C)c(C=C2C(=O)NC(=O)N(c3ccc(C)cc3)C2=O)c2ccccc21. The van der Waals surface area contributed by atoms with Crippen LogP contribution >= 0.6 is 0 Å². The summed E-state index contributed by atoms with van der Waals surface area (Å²) in [7, 11) is 0. The van der Waals surface area contributed by atoms with E-state index in [2.05, 4.69) is 16.5 Å². The number of carbonyl (C=O) groups excluding carboxylic acids is 3. The first-order chi connectivity index (χ1) is 14.4. The van der Waals surface area contributed by atoms with E-state index in [9.17, 15) is 14.4 Å². The Morgan fingerprint density at radius 2 is 1.70 bits per heavy atom. The number of barbiturate groups is 1. The molecule has 0 unspecified atom stereocenters. The number of hydrogen-bond donors (Lipinski definition) is 1. The van der Waals surface area contributed by atoms with E-state index in [4.69, 9.17) is 0 Å². The number of aryl methyl sites for hydroxylation is 1. The number of amides is 4. The minimum Gasteiger partial charge on any atom is -0.340 e. The average molecular weight is 399 g/mol. The zero-order valence-corrected chi connectivity index (χ0v) is 16.8. The Bertz CT molecular complexity index is 1230. The highest BCUT2D eigenvalue weighted by atomic mass is 16.2. The summed E-state index contributed by atoms with van der Waals surface area (Å²) < 4.78 is 2.07. The number of carbonyl (C=O) groups is 3. The maximum Gasteiger partial charge on any atom is 0.335 e. The monoisotopic (exact) mass is 399 g/mol. The minimum absolute atomic E-state index is 0.0835. The van der Waals surface area contributed by atoms with E-state index >= 15 is 0 Å². The fourth-order valence-electron chi connectivity index (χ4n) is 3.73. The maximum absolute atomic E-state index is 13.2. The summed E-state index contributed by atoms with van der Waals surface area (Å²) in [5.74, 6) is -1.35. The van der Waals surface area contributed by atoms with Crippen LogP contribution in [0.4, 0.5) is 10.5 Å². The molecule has 3 aromatic rings. The Morgan fingerprint density at radius 3 is 2.40 bits per heavy atom. The highest BCUT2D eigenvalue weighted by Gasteiger charge is 2.37. The van der Waals surface area contributed by atoms with Gasteiger partial charge in [-0.3, -0.25) is 14.9 Å². The topological polar surface area (TPSA) is 71.4 Å². The number of aromatic nitrogens is 1. The van der Waals surface area contributed by atoms with Crippen LogP contribution in [0.2, 0.25) is 0 Å². The third-order valence-electron chi connectivity index (χ3n) is 5.27. The van der Waals surface area contributed by atoms with Gasteiger partial charge in [-0.25, -0.2) is 9.69 Å². The van der Waals surface area contributed by atoms with Crippen molar-refractivity contribution in [2.75, 3.05) is 4.90 Å². The second-order valence-corrected chi connectivity index (χ2v) is 7.21. The number of rotatable bonds is 4. The summed E-state index contributed by atoms with van der Waals surface area (Å²) in [6.07, 6.45) is 3.37. The molecule has 2 heterocycles. The average Bonchev–Trinajstić information content (AvgIpc) is 2.98. The first kappa shape index (κ1) is 19.4. The first-order valence-corrected chi connectivity index (χ1v) is 9.59. The summed E-state index contributed by atoms with van der Waals surface area (Å²) in [6, 6.07) is 14.0. The van der Waals surface area contributed by atoms with E-state index in [1.54, 1.807) is 24.3 Å². The smallest absolute Gasteiger partial charge is 0.335 e. The van der Waals surface area contributed by atoms with Gasteiger partial charge in [0.25, 0.3) is 11.8 Å². The molecule has 1 aliphatic rings. The molecule has 1 aromatic heterocycles. The molecule has 0 bridgehead atoms. The molecule has 0 saturated carbocycles. The van der Waals surface area contributed by atoms with Gasteiger partial charge in [0.1, 0.15) is 5.57 Å². The first-order valence-electron chi connectivity index (χ1n) is 9.59. The summed E-state index contributed by atoms with van der Waals surface area (Å²) >= 11 is 0. The predicted octanol–water partition coefficient (Wildman–Crippen LogP) is 4.11. The van der Waals surface area contributed by atoms with Gasteiger partial charge in [-0.15, -0.1) is 6.58 Å². The van der Waals surface area contributed by atoms with Gasteiger partial charge in [-0.2, -0.15) is 0 Å². The van der Waals surface area contributed by atoms with Crippen molar-refractivity contribution in [1.82, 2.24) is 9.88 Å². The number of fused-ring (bicyclic) bond motifs is 1. The normalized spacial score (nSPS) is 15.7. The minimum atomic E-state index is -0.753.